The van der Waals surface area contributed by atoms with Crippen LogP contribution >= 0.6 is 0 Å². The van der Waals surface area contributed by atoms with Gasteiger partial charge in [0.05, 0.1) is 196 Å². The molecule has 0 aromatic rings. The minimum absolute atomic E-state index is 0.0302. The van der Waals surface area contributed by atoms with E-state index in [4.69, 9.17) is 80.5 Å². The molecule has 0 saturated carbocycles. The molecule has 45 nitrogen and oxygen atoms in total. The maximum atomic E-state index is 14.1. The van der Waals surface area contributed by atoms with E-state index >= 15 is 0 Å². The molecular formula is C84H148N10O35. The van der Waals surface area contributed by atoms with Crippen LogP contribution in [0.1, 0.15) is 151 Å². The van der Waals surface area contributed by atoms with Crippen molar-refractivity contribution in [2.45, 2.75) is 242 Å². The highest BCUT2D eigenvalue weighted by atomic mass is 16.7. The van der Waals surface area contributed by atoms with Gasteiger partial charge >= 0.3 is 0 Å². The average Bonchev–Trinajstić information content (AvgIpc) is 1.06. The number of aliphatic hydroxyl groups excluding tert-OH is 7. The molecule has 4 aliphatic heterocycles. The van der Waals surface area contributed by atoms with Crippen molar-refractivity contribution in [2.24, 2.45) is 5.41 Å². The van der Waals surface area contributed by atoms with Gasteiger partial charge in [0.25, 0.3) is 11.8 Å². The molecule has 0 radical (unpaired) electrons. The van der Waals surface area contributed by atoms with Crippen LogP contribution < -0.4 is 47.9 Å². The zero-order valence-electron chi connectivity index (χ0n) is 76.1. The van der Waals surface area contributed by atoms with Crippen molar-refractivity contribution in [3.63, 3.8) is 0 Å². The largest absolute Gasteiger partial charge is 0.394 e. The van der Waals surface area contributed by atoms with Gasteiger partial charge in [-0.25, -0.2) is 0 Å². The first kappa shape index (κ1) is 114. The Morgan fingerprint density at radius 2 is 0.705 bits per heavy atom. The van der Waals surface area contributed by atoms with Crippen molar-refractivity contribution < 1.29 is 169 Å². The third-order valence-electron chi connectivity index (χ3n) is 20.8. The minimum Gasteiger partial charge on any atom is -0.394 e. The normalized spacial score (nSPS) is 22.7. The summed E-state index contributed by atoms with van der Waals surface area (Å²) in [5.41, 5.74) is -1.91. The standard InChI is InChI=1S/C84H148N10O35/c1-58(98)90-74-63(101)50-61(52-95)127-79(74)122-47-44-116-41-38-113-33-24-85-68(105)21-30-119-55-84(56-120-31-22-69(106)86-25-34-114-39-42-117-45-48-123-80-75(91-59(2)99)64(102)51-62(53-96)128-80,57-121-32-23-70(107)87-26-35-115-40-43-118-46-49-124-81-76(92-60(3)100)78(112)77(111)65(54-97)129-81)93-71(108)17-15-13-11-9-8-10-12-14-16-66(103)88-27-36-125-83(7,82(4,5)6)126-37-28-89-67(104)20-29-94-72(109)18-19-73(94)110/h18-19,61-65,74-81,95-97,101-102,111-112H,8-17,20-57H2,1-7H3,(H,85,105)(H,86,106)(H,87,107)(H,88,103)(H,89,104)(H,90,98)(H,91,99)(H,92,100)(H,93,108). The summed E-state index contributed by atoms with van der Waals surface area (Å²) >= 11 is 0. The van der Waals surface area contributed by atoms with Gasteiger partial charge in [0, 0.05) is 129 Å². The van der Waals surface area contributed by atoms with Gasteiger partial charge in [-0.3, -0.25) is 57.6 Å². The Morgan fingerprint density at radius 1 is 0.380 bits per heavy atom. The molecule has 14 unspecified atom stereocenters. The number of imide groups is 1. The molecule has 11 amide bonds. The number of carbonyl (C=O) groups excluding carboxylic acids is 11. The van der Waals surface area contributed by atoms with Gasteiger partial charge in [0.1, 0.15) is 42.0 Å². The number of nitrogens with one attached hydrogen (secondary N) is 9. The third kappa shape index (κ3) is 49.1. The summed E-state index contributed by atoms with van der Waals surface area (Å²) in [5.74, 6) is -5.20. The fraction of sp³-hybridized carbons (Fsp3) is 0.845. The molecule has 14 atom stereocenters. The number of aliphatic hydroxyl groups is 7. The molecule has 0 aromatic heterocycles. The predicted octanol–water partition coefficient (Wildman–Crippen LogP) is -4.31. The van der Waals surface area contributed by atoms with E-state index in [0.717, 1.165) is 55.6 Å². The second-order valence-corrected chi connectivity index (χ2v) is 32.5. The van der Waals surface area contributed by atoms with Crippen LogP contribution in [-0.4, -0.2) is 408 Å². The lowest BCUT2D eigenvalue weighted by Gasteiger charge is -2.42. The molecule has 16 N–H and O–H groups in total. The van der Waals surface area contributed by atoms with E-state index in [9.17, 15) is 88.5 Å². The summed E-state index contributed by atoms with van der Waals surface area (Å²) in [6, 6.07) is -2.79. The highest BCUT2D eigenvalue weighted by Gasteiger charge is 2.47. The van der Waals surface area contributed by atoms with Crippen LogP contribution in [0.15, 0.2) is 12.2 Å². The summed E-state index contributed by atoms with van der Waals surface area (Å²) in [5, 5.41) is 95.3. The lowest BCUT2D eigenvalue weighted by atomic mass is 9.86. The summed E-state index contributed by atoms with van der Waals surface area (Å²) in [6.07, 6.45) is -1.70. The first-order valence-corrected chi connectivity index (χ1v) is 44.7. The summed E-state index contributed by atoms with van der Waals surface area (Å²) in [4.78, 5) is 138. The van der Waals surface area contributed by atoms with E-state index in [2.05, 4.69) is 47.9 Å². The van der Waals surface area contributed by atoms with E-state index < -0.39 is 121 Å². The quantitative estimate of drug-likeness (QED) is 0.0156. The zero-order chi connectivity index (χ0) is 94.7. The van der Waals surface area contributed by atoms with Crippen LogP contribution in [0.2, 0.25) is 0 Å². The van der Waals surface area contributed by atoms with Crippen molar-refractivity contribution >= 4 is 65.0 Å². The highest BCUT2D eigenvalue weighted by Crippen LogP contribution is 2.35. The van der Waals surface area contributed by atoms with Crippen LogP contribution in [0, 0.1) is 5.41 Å². The first-order valence-electron chi connectivity index (χ1n) is 44.7. The second-order valence-electron chi connectivity index (χ2n) is 32.5. The lowest BCUT2D eigenvalue weighted by Crippen LogP contribution is -2.64. The Bertz CT molecular complexity index is 3140. The molecule has 3 fully saturated rings. The Kier molecular flexibility index (Phi) is 59.0. The number of nitrogens with zero attached hydrogens (tertiary/aromatic N) is 1. The van der Waals surface area contributed by atoms with Gasteiger partial charge in [-0.2, -0.15) is 0 Å². The van der Waals surface area contributed by atoms with Crippen molar-refractivity contribution in [2.75, 3.05) is 211 Å². The van der Waals surface area contributed by atoms with Crippen LogP contribution in [-0.2, 0) is 133 Å². The SMILES string of the molecule is CC(=O)NC1C(O)CC(CO)OC1OCCOCCOCCNC(=O)CCOCC(COCCC(=O)NCCOCCOCCOC1OC(CO)CC(O)C1NC(C)=O)(COCCC(=O)NCCOCCOCCOC1OC(CO)C(O)C(O)C1NC(C)=O)NC(=O)CCCCCCCCCCC(=O)NCCOC(C)(OCCNC(=O)CCN1C(=O)C=CC1=O)C(C)(C)C. The summed E-state index contributed by atoms with van der Waals surface area (Å²) < 4.78 is 98.3. The molecule has 45 heteroatoms. The first-order chi connectivity index (χ1) is 61.8. The maximum absolute atomic E-state index is 14.1. The number of hydrogen-bond acceptors (Lipinski definition) is 35. The summed E-state index contributed by atoms with van der Waals surface area (Å²) in [6.45, 7) is 11.9. The molecule has 0 bridgehead atoms. The lowest BCUT2D eigenvalue weighted by molar-refractivity contribution is -0.276. The zero-order valence-corrected chi connectivity index (χ0v) is 76.1. The Morgan fingerprint density at radius 3 is 1.07 bits per heavy atom. The molecule has 0 spiro atoms. The fourth-order valence-electron chi connectivity index (χ4n) is 13.4. The molecule has 0 aliphatic carbocycles. The number of carbonyl (C=O) groups is 11. The topological polar surface area (TPSA) is 598 Å². The Balaban J connectivity index is 1.28. The Labute approximate surface area is 754 Å². The molecular weight excluding hydrogens is 1710 g/mol. The average molecular weight is 1860 g/mol. The monoisotopic (exact) mass is 1860 g/mol. The fourth-order valence-corrected chi connectivity index (χ4v) is 13.4. The van der Waals surface area contributed by atoms with E-state index in [-0.39, 0.29) is 297 Å². The highest BCUT2D eigenvalue weighted by molar-refractivity contribution is 6.13. The van der Waals surface area contributed by atoms with E-state index in [0.29, 0.717) is 19.3 Å². The maximum Gasteiger partial charge on any atom is 0.253 e. The van der Waals surface area contributed by atoms with Crippen molar-refractivity contribution in [3.05, 3.63) is 12.2 Å². The van der Waals surface area contributed by atoms with Gasteiger partial charge in [0.15, 0.2) is 24.7 Å². The van der Waals surface area contributed by atoms with Gasteiger partial charge in [-0.1, -0.05) is 59.3 Å². The Hall–Kier alpha value is -6.85. The second kappa shape index (κ2) is 66.5. The van der Waals surface area contributed by atoms with Crippen LogP contribution in [0.5, 0.6) is 0 Å². The third-order valence-corrected chi connectivity index (χ3v) is 20.8. The van der Waals surface area contributed by atoms with E-state index in [1.165, 1.54) is 20.8 Å². The number of rotatable bonds is 74. The van der Waals surface area contributed by atoms with Crippen LogP contribution in [0.25, 0.3) is 0 Å². The number of ether oxygens (including phenoxy) is 17. The number of amides is 11. The summed E-state index contributed by atoms with van der Waals surface area (Å²) in [7, 11) is 0. The van der Waals surface area contributed by atoms with Crippen molar-refractivity contribution in [3.8, 4) is 0 Å². The molecule has 4 rings (SSSR count). The van der Waals surface area contributed by atoms with Gasteiger partial charge in [-0.05, 0) is 19.8 Å². The number of unbranched alkanes of at least 4 members (excludes halogenated alkanes) is 7. The number of hydrogen-bond donors (Lipinski definition) is 16. The molecule has 129 heavy (non-hydrogen) atoms. The van der Waals surface area contributed by atoms with Gasteiger partial charge < -0.3 is 164 Å². The van der Waals surface area contributed by atoms with E-state index in [1.54, 1.807) is 6.92 Å². The molecule has 3 saturated heterocycles. The van der Waals surface area contributed by atoms with Gasteiger partial charge in [-0.15, -0.1) is 0 Å². The molecule has 4 heterocycles. The van der Waals surface area contributed by atoms with Crippen LogP contribution in [0.3, 0.4) is 0 Å². The van der Waals surface area contributed by atoms with E-state index in [1.807, 2.05) is 20.8 Å². The predicted molar refractivity (Wildman–Crippen MR) is 455 cm³/mol. The minimum atomic E-state index is -1.47. The molecule has 4 aliphatic rings. The smallest absolute Gasteiger partial charge is 0.253 e. The van der Waals surface area contributed by atoms with Crippen molar-refractivity contribution in [1.29, 1.82) is 0 Å². The van der Waals surface area contributed by atoms with Crippen LogP contribution in [0.4, 0.5) is 0 Å². The van der Waals surface area contributed by atoms with Crippen molar-refractivity contribution in [1.82, 2.24) is 52.8 Å². The van der Waals surface area contributed by atoms with Gasteiger partial charge in [0.2, 0.25) is 53.2 Å². The molecule has 0 aromatic carbocycles. The molecule has 744 valence electrons.